The fourth-order valence-electron chi connectivity index (χ4n) is 1.41. The molecule has 1 aromatic heterocycles. The van der Waals surface area contributed by atoms with Gasteiger partial charge in [-0.25, -0.2) is 0 Å². The highest BCUT2D eigenvalue weighted by molar-refractivity contribution is 4.99. The van der Waals surface area contributed by atoms with Gasteiger partial charge in [-0.1, -0.05) is 0 Å². The Morgan fingerprint density at radius 3 is 2.80 bits per heavy atom. The normalized spacial score (nSPS) is 11.6. The summed E-state index contributed by atoms with van der Waals surface area (Å²) in [4.78, 5) is 2.27. The zero-order valence-electron chi connectivity index (χ0n) is 10.2. The minimum atomic E-state index is 0.446. The summed E-state index contributed by atoms with van der Waals surface area (Å²) in [5.41, 5.74) is 1.14. The van der Waals surface area contributed by atoms with Gasteiger partial charge in [-0.2, -0.15) is 5.10 Å². The lowest BCUT2D eigenvalue weighted by molar-refractivity contribution is 0.322. The third-order valence-electron chi connectivity index (χ3n) is 2.37. The van der Waals surface area contributed by atoms with Crippen LogP contribution in [0.25, 0.3) is 0 Å². The van der Waals surface area contributed by atoms with Crippen LogP contribution < -0.4 is 5.32 Å². The summed E-state index contributed by atoms with van der Waals surface area (Å²) >= 11 is 0. The van der Waals surface area contributed by atoms with Crippen molar-refractivity contribution in [1.82, 2.24) is 20.0 Å². The number of hydrogen-bond acceptors (Lipinski definition) is 3. The Labute approximate surface area is 92.3 Å². The van der Waals surface area contributed by atoms with E-state index in [1.165, 1.54) is 0 Å². The van der Waals surface area contributed by atoms with Gasteiger partial charge >= 0.3 is 0 Å². The van der Waals surface area contributed by atoms with E-state index >= 15 is 0 Å². The molecule has 0 aliphatic heterocycles. The predicted octanol–water partition coefficient (Wildman–Crippen LogP) is 1.12. The number of nitrogens with one attached hydrogen (secondary N) is 1. The van der Waals surface area contributed by atoms with E-state index in [0.29, 0.717) is 6.04 Å². The van der Waals surface area contributed by atoms with Crippen LogP contribution in [0.1, 0.15) is 25.6 Å². The number of likely N-dealkylation sites (N-methyl/N-ethyl adjacent to an activating group) is 2. The third-order valence-corrected chi connectivity index (χ3v) is 2.37. The summed E-state index contributed by atoms with van der Waals surface area (Å²) in [5.74, 6) is 0. The molecule has 4 nitrogen and oxygen atoms in total. The van der Waals surface area contributed by atoms with Crippen LogP contribution in [-0.4, -0.2) is 41.9 Å². The first-order valence-corrected chi connectivity index (χ1v) is 5.50. The molecule has 0 saturated carbocycles. The summed E-state index contributed by atoms with van der Waals surface area (Å²) in [5, 5.41) is 7.65. The maximum atomic E-state index is 4.51. The van der Waals surface area contributed by atoms with Crippen molar-refractivity contribution in [2.45, 2.75) is 26.4 Å². The minimum Gasteiger partial charge on any atom is -0.318 e. The van der Waals surface area contributed by atoms with E-state index in [2.05, 4.69) is 42.3 Å². The van der Waals surface area contributed by atoms with Crippen molar-refractivity contribution >= 4 is 0 Å². The Hall–Kier alpha value is -0.870. The molecule has 0 bridgehead atoms. The topological polar surface area (TPSA) is 33.1 Å². The van der Waals surface area contributed by atoms with Crippen molar-refractivity contribution in [3.05, 3.63) is 18.0 Å². The Morgan fingerprint density at radius 1 is 1.53 bits per heavy atom. The largest absolute Gasteiger partial charge is 0.318 e. The van der Waals surface area contributed by atoms with Crippen LogP contribution in [0.2, 0.25) is 0 Å². The Bertz CT molecular complexity index is 280. The average molecular weight is 210 g/mol. The fraction of sp³-hybridized carbons (Fsp3) is 0.727. The molecule has 0 aliphatic rings. The van der Waals surface area contributed by atoms with Gasteiger partial charge in [0.25, 0.3) is 0 Å². The van der Waals surface area contributed by atoms with E-state index in [4.69, 9.17) is 0 Å². The SMILES string of the molecule is CNCCN(C)Cc1ccn(C(C)C)n1. The molecule has 1 N–H and O–H groups in total. The smallest absolute Gasteiger partial charge is 0.0764 e. The first-order valence-electron chi connectivity index (χ1n) is 5.50. The molecular weight excluding hydrogens is 188 g/mol. The highest BCUT2D eigenvalue weighted by Gasteiger charge is 2.04. The number of aromatic nitrogens is 2. The van der Waals surface area contributed by atoms with Gasteiger partial charge in [0, 0.05) is 31.9 Å². The van der Waals surface area contributed by atoms with E-state index in [-0.39, 0.29) is 0 Å². The van der Waals surface area contributed by atoms with E-state index in [0.717, 1.165) is 25.3 Å². The lowest BCUT2D eigenvalue weighted by Crippen LogP contribution is -2.27. The molecule has 0 fully saturated rings. The molecule has 0 unspecified atom stereocenters. The summed E-state index contributed by atoms with van der Waals surface area (Å²) in [6, 6.07) is 2.54. The minimum absolute atomic E-state index is 0.446. The molecule has 1 heterocycles. The fourth-order valence-corrected chi connectivity index (χ4v) is 1.41. The van der Waals surface area contributed by atoms with Gasteiger partial charge in [0.1, 0.15) is 0 Å². The molecule has 0 spiro atoms. The van der Waals surface area contributed by atoms with Crippen LogP contribution in [0.4, 0.5) is 0 Å². The molecule has 1 rings (SSSR count). The Kier molecular flexibility index (Phi) is 4.78. The Morgan fingerprint density at radius 2 is 2.27 bits per heavy atom. The second-order valence-corrected chi connectivity index (χ2v) is 4.22. The molecule has 1 aromatic rings. The monoisotopic (exact) mass is 210 g/mol. The number of rotatable bonds is 6. The highest BCUT2D eigenvalue weighted by Crippen LogP contribution is 2.05. The van der Waals surface area contributed by atoms with Gasteiger partial charge in [-0.15, -0.1) is 0 Å². The van der Waals surface area contributed by atoms with Crippen LogP contribution in [0.3, 0.4) is 0 Å². The molecule has 0 saturated heterocycles. The second kappa shape index (κ2) is 5.88. The van der Waals surface area contributed by atoms with Gasteiger partial charge in [0.05, 0.1) is 5.69 Å². The van der Waals surface area contributed by atoms with E-state index in [1.807, 2.05) is 17.9 Å². The summed E-state index contributed by atoms with van der Waals surface area (Å²) in [6.45, 7) is 7.26. The molecule has 86 valence electrons. The molecular formula is C11H22N4. The van der Waals surface area contributed by atoms with Crippen LogP contribution >= 0.6 is 0 Å². The quantitative estimate of drug-likeness (QED) is 0.763. The van der Waals surface area contributed by atoms with Gasteiger partial charge in [0.2, 0.25) is 0 Å². The molecule has 0 aliphatic carbocycles. The summed E-state index contributed by atoms with van der Waals surface area (Å²) < 4.78 is 2.00. The number of nitrogens with zero attached hydrogens (tertiary/aromatic N) is 3. The van der Waals surface area contributed by atoms with Crippen molar-refractivity contribution in [1.29, 1.82) is 0 Å². The predicted molar refractivity (Wildman–Crippen MR) is 62.9 cm³/mol. The molecule has 0 radical (unpaired) electrons. The summed E-state index contributed by atoms with van der Waals surface area (Å²) in [6.07, 6.45) is 2.05. The lowest BCUT2D eigenvalue weighted by Gasteiger charge is -2.14. The van der Waals surface area contributed by atoms with Crippen LogP contribution in [-0.2, 0) is 6.54 Å². The number of hydrogen-bond donors (Lipinski definition) is 1. The second-order valence-electron chi connectivity index (χ2n) is 4.22. The average Bonchev–Trinajstić information content (AvgIpc) is 2.63. The van der Waals surface area contributed by atoms with Crippen LogP contribution in [0.5, 0.6) is 0 Å². The maximum absolute atomic E-state index is 4.51. The van der Waals surface area contributed by atoms with Gasteiger partial charge in [0.15, 0.2) is 0 Å². The standard InChI is InChI=1S/C11H22N4/c1-10(2)15-7-5-11(13-15)9-14(4)8-6-12-3/h5,7,10,12H,6,8-9H2,1-4H3. The third kappa shape index (κ3) is 4.01. The summed E-state index contributed by atoms with van der Waals surface area (Å²) in [7, 11) is 4.09. The first kappa shape index (κ1) is 12.2. The van der Waals surface area contributed by atoms with Crippen molar-refractivity contribution in [2.75, 3.05) is 27.2 Å². The van der Waals surface area contributed by atoms with Crippen molar-refractivity contribution in [2.24, 2.45) is 0 Å². The van der Waals surface area contributed by atoms with Crippen LogP contribution in [0.15, 0.2) is 12.3 Å². The van der Waals surface area contributed by atoms with Crippen molar-refractivity contribution in [3.63, 3.8) is 0 Å². The zero-order chi connectivity index (χ0) is 11.3. The van der Waals surface area contributed by atoms with Crippen LogP contribution in [0, 0.1) is 0 Å². The molecule has 0 atom stereocenters. The van der Waals surface area contributed by atoms with E-state index < -0.39 is 0 Å². The Balaban J connectivity index is 2.42. The van der Waals surface area contributed by atoms with Gasteiger partial charge in [-0.3, -0.25) is 9.58 Å². The zero-order valence-corrected chi connectivity index (χ0v) is 10.2. The molecule has 15 heavy (non-hydrogen) atoms. The van der Waals surface area contributed by atoms with Crippen molar-refractivity contribution < 1.29 is 0 Å². The highest BCUT2D eigenvalue weighted by atomic mass is 15.3. The lowest BCUT2D eigenvalue weighted by atomic mass is 10.4. The van der Waals surface area contributed by atoms with Gasteiger partial charge in [-0.05, 0) is 34.0 Å². The van der Waals surface area contributed by atoms with Crippen molar-refractivity contribution in [3.8, 4) is 0 Å². The first-order chi connectivity index (χ1) is 7.13. The van der Waals surface area contributed by atoms with Gasteiger partial charge < -0.3 is 5.32 Å². The molecule has 0 amide bonds. The van der Waals surface area contributed by atoms with E-state index in [1.54, 1.807) is 0 Å². The van der Waals surface area contributed by atoms with E-state index in [9.17, 15) is 0 Å². The molecule has 4 heteroatoms. The molecule has 0 aromatic carbocycles. The maximum Gasteiger partial charge on any atom is 0.0764 e.